The van der Waals surface area contributed by atoms with Crippen LogP contribution in [0.5, 0.6) is 0 Å². The molecule has 0 unspecified atom stereocenters. The lowest BCUT2D eigenvalue weighted by Gasteiger charge is -1.95. The number of nitrogens with one attached hydrogen (secondary N) is 1. The first-order valence-corrected chi connectivity index (χ1v) is 4.46. The molecule has 6 nitrogen and oxygen atoms in total. The maximum atomic E-state index is 11.3. The smallest absolute Gasteiger partial charge is 0.358 e. The molecule has 0 aliphatic rings. The van der Waals surface area contributed by atoms with Gasteiger partial charge in [-0.2, -0.15) is 5.10 Å². The van der Waals surface area contributed by atoms with Crippen molar-refractivity contribution in [2.75, 3.05) is 6.61 Å². The number of carbonyl (C=O) groups excluding carboxylic acids is 1. The van der Waals surface area contributed by atoms with Crippen molar-refractivity contribution in [1.29, 1.82) is 0 Å². The van der Waals surface area contributed by atoms with E-state index in [1.165, 1.54) is 22.8 Å². The zero-order valence-electron chi connectivity index (χ0n) is 8.06. The Morgan fingerprint density at radius 2 is 2.47 bits per heavy atom. The van der Waals surface area contributed by atoms with E-state index in [9.17, 15) is 9.59 Å². The molecule has 0 atom stereocenters. The van der Waals surface area contributed by atoms with Gasteiger partial charge in [-0.05, 0) is 6.92 Å². The normalized spacial score (nSPS) is 10.5. The van der Waals surface area contributed by atoms with Crippen molar-refractivity contribution in [2.45, 2.75) is 6.92 Å². The first kappa shape index (κ1) is 9.45. The van der Waals surface area contributed by atoms with Gasteiger partial charge in [-0.15, -0.1) is 0 Å². The molecule has 0 saturated heterocycles. The maximum absolute atomic E-state index is 11.3. The van der Waals surface area contributed by atoms with Crippen LogP contribution in [-0.2, 0) is 4.74 Å². The summed E-state index contributed by atoms with van der Waals surface area (Å²) in [4.78, 5) is 24.8. The summed E-state index contributed by atoms with van der Waals surface area (Å²) in [6, 6.07) is 2.80. The Hall–Kier alpha value is -2.11. The van der Waals surface area contributed by atoms with E-state index in [4.69, 9.17) is 4.74 Å². The summed E-state index contributed by atoms with van der Waals surface area (Å²) in [5.74, 6) is -0.498. The van der Waals surface area contributed by atoms with Gasteiger partial charge >= 0.3 is 5.97 Å². The van der Waals surface area contributed by atoms with Gasteiger partial charge < -0.3 is 9.72 Å². The summed E-state index contributed by atoms with van der Waals surface area (Å²) >= 11 is 0. The molecule has 1 N–H and O–H groups in total. The highest BCUT2D eigenvalue weighted by Crippen LogP contribution is 2.02. The monoisotopic (exact) mass is 207 g/mol. The zero-order chi connectivity index (χ0) is 10.8. The van der Waals surface area contributed by atoms with Crippen LogP contribution in [0.15, 0.2) is 23.1 Å². The highest BCUT2D eigenvalue weighted by atomic mass is 16.5. The minimum Gasteiger partial charge on any atom is -0.461 e. The number of ether oxygens (including phenoxy) is 1. The first-order valence-electron chi connectivity index (χ1n) is 4.46. The molecule has 2 rings (SSSR count). The van der Waals surface area contributed by atoms with Crippen molar-refractivity contribution >= 4 is 11.6 Å². The number of hydrogen-bond donors (Lipinski definition) is 1. The second kappa shape index (κ2) is 3.56. The van der Waals surface area contributed by atoms with Gasteiger partial charge in [-0.1, -0.05) is 0 Å². The minimum atomic E-state index is -0.498. The minimum absolute atomic E-state index is 0.179. The Morgan fingerprint density at radius 1 is 1.67 bits per heavy atom. The molecule has 2 heterocycles. The molecule has 6 heteroatoms. The Bertz CT molecular complexity index is 555. The third-order valence-corrected chi connectivity index (χ3v) is 1.84. The number of esters is 1. The molecule has 0 aromatic carbocycles. The number of aromatic amines is 1. The van der Waals surface area contributed by atoms with Crippen LogP contribution in [0.3, 0.4) is 0 Å². The summed E-state index contributed by atoms with van der Waals surface area (Å²) < 4.78 is 6.19. The molecule has 2 aromatic heterocycles. The van der Waals surface area contributed by atoms with E-state index in [0.717, 1.165) is 0 Å². The molecule has 0 aliphatic carbocycles. The Kier molecular flexibility index (Phi) is 2.24. The second-order valence-electron chi connectivity index (χ2n) is 2.88. The predicted octanol–water partition coefficient (Wildman–Crippen LogP) is 0.199. The largest absolute Gasteiger partial charge is 0.461 e. The summed E-state index contributed by atoms with van der Waals surface area (Å²) in [7, 11) is 0. The SMILES string of the molecule is CCOC(=O)c1cc2[nH]c(=O)ccn2n1. The topological polar surface area (TPSA) is 76.5 Å². The first-order chi connectivity index (χ1) is 7.20. The highest BCUT2D eigenvalue weighted by molar-refractivity contribution is 5.88. The lowest BCUT2D eigenvalue weighted by Crippen LogP contribution is -2.06. The Balaban J connectivity index is 2.47. The van der Waals surface area contributed by atoms with Crippen LogP contribution >= 0.6 is 0 Å². The van der Waals surface area contributed by atoms with E-state index in [2.05, 4.69) is 10.1 Å². The standard InChI is InChI=1S/C9H9N3O3/c1-2-15-9(14)6-5-7-10-8(13)3-4-12(7)11-6/h3-5H,2H2,1H3,(H,10,13). The second-order valence-corrected chi connectivity index (χ2v) is 2.88. The van der Waals surface area contributed by atoms with E-state index < -0.39 is 5.97 Å². The third kappa shape index (κ3) is 1.74. The summed E-state index contributed by atoms with van der Waals surface area (Å²) in [6.45, 7) is 2.01. The molecule has 0 radical (unpaired) electrons. The lowest BCUT2D eigenvalue weighted by atomic mass is 10.4. The van der Waals surface area contributed by atoms with Crippen LogP contribution in [0.25, 0.3) is 5.65 Å². The van der Waals surface area contributed by atoms with Crippen molar-refractivity contribution in [1.82, 2.24) is 14.6 Å². The van der Waals surface area contributed by atoms with Gasteiger partial charge in [-0.25, -0.2) is 9.31 Å². The van der Waals surface area contributed by atoms with Gasteiger partial charge in [0.2, 0.25) is 0 Å². The van der Waals surface area contributed by atoms with E-state index in [0.29, 0.717) is 12.3 Å². The number of H-pyrrole nitrogens is 1. The van der Waals surface area contributed by atoms with Gasteiger partial charge in [0.05, 0.1) is 6.61 Å². The molecule has 15 heavy (non-hydrogen) atoms. The number of nitrogens with zero attached hydrogens (tertiary/aromatic N) is 2. The molecule has 0 aliphatic heterocycles. The van der Waals surface area contributed by atoms with Gasteiger partial charge in [-0.3, -0.25) is 4.79 Å². The number of carbonyl (C=O) groups is 1. The Labute approximate surface area is 84.5 Å². The van der Waals surface area contributed by atoms with Crippen molar-refractivity contribution in [3.05, 3.63) is 34.4 Å². The van der Waals surface area contributed by atoms with Crippen LogP contribution in [0.2, 0.25) is 0 Å². The number of aromatic nitrogens is 3. The van der Waals surface area contributed by atoms with Crippen LogP contribution < -0.4 is 5.56 Å². The highest BCUT2D eigenvalue weighted by Gasteiger charge is 2.11. The van der Waals surface area contributed by atoms with Crippen LogP contribution in [0.4, 0.5) is 0 Å². The molecule has 0 spiro atoms. The molecule has 0 saturated carbocycles. The molecular weight excluding hydrogens is 198 g/mol. The predicted molar refractivity (Wildman–Crippen MR) is 51.8 cm³/mol. The van der Waals surface area contributed by atoms with Crippen molar-refractivity contribution in [2.24, 2.45) is 0 Å². The fourth-order valence-electron chi connectivity index (χ4n) is 1.21. The fourth-order valence-corrected chi connectivity index (χ4v) is 1.21. The van der Waals surface area contributed by atoms with Crippen molar-refractivity contribution in [3.8, 4) is 0 Å². The van der Waals surface area contributed by atoms with E-state index in [-0.39, 0.29) is 11.3 Å². The number of hydrogen-bond acceptors (Lipinski definition) is 4. The fraction of sp³-hybridized carbons (Fsp3) is 0.222. The van der Waals surface area contributed by atoms with E-state index in [1.807, 2.05) is 0 Å². The summed E-state index contributed by atoms with van der Waals surface area (Å²) in [6.07, 6.45) is 1.48. The van der Waals surface area contributed by atoms with Crippen molar-refractivity contribution in [3.63, 3.8) is 0 Å². The summed E-state index contributed by atoms with van der Waals surface area (Å²) in [5.41, 5.74) is 0.405. The average molecular weight is 207 g/mol. The average Bonchev–Trinajstić information content (AvgIpc) is 2.60. The molecule has 0 bridgehead atoms. The van der Waals surface area contributed by atoms with Crippen molar-refractivity contribution < 1.29 is 9.53 Å². The van der Waals surface area contributed by atoms with Crippen LogP contribution in [-0.4, -0.2) is 27.2 Å². The maximum Gasteiger partial charge on any atom is 0.358 e. The third-order valence-electron chi connectivity index (χ3n) is 1.84. The van der Waals surface area contributed by atoms with Crippen LogP contribution in [0, 0.1) is 0 Å². The zero-order valence-corrected chi connectivity index (χ0v) is 8.06. The number of rotatable bonds is 2. The Morgan fingerprint density at radius 3 is 3.20 bits per heavy atom. The molecular formula is C9H9N3O3. The number of fused-ring (bicyclic) bond motifs is 1. The lowest BCUT2D eigenvalue weighted by molar-refractivity contribution is 0.0519. The van der Waals surface area contributed by atoms with E-state index in [1.54, 1.807) is 6.92 Å². The summed E-state index contributed by atoms with van der Waals surface area (Å²) in [5, 5.41) is 3.94. The van der Waals surface area contributed by atoms with Gasteiger partial charge in [0.15, 0.2) is 5.69 Å². The molecule has 0 amide bonds. The molecule has 0 fully saturated rings. The van der Waals surface area contributed by atoms with Gasteiger partial charge in [0.25, 0.3) is 5.56 Å². The van der Waals surface area contributed by atoms with Gasteiger partial charge in [0.1, 0.15) is 5.65 Å². The van der Waals surface area contributed by atoms with Gasteiger partial charge in [0, 0.05) is 18.3 Å². The molecule has 2 aromatic rings. The van der Waals surface area contributed by atoms with E-state index >= 15 is 0 Å². The van der Waals surface area contributed by atoms with Crippen LogP contribution in [0.1, 0.15) is 17.4 Å². The molecule has 78 valence electrons. The quantitative estimate of drug-likeness (QED) is 0.713.